The molecule has 1 rings (SSSR count). The first-order chi connectivity index (χ1) is 6.72. The van der Waals surface area contributed by atoms with Gasteiger partial charge in [-0.2, -0.15) is 0 Å². The molecule has 0 spiro atoms. The third kappa shape index (κ3) is 4.01. The van der Waals surface area contributed by atoms with Gasteiger partial charge in [0.25, 0.3) is 0 Å². The van der Waals surface area contributed by atoms with Crippen LogP contribution in [0.15, 0.2) is 3.92 Å². The zero-order valence-corrected chi connectivity index (χ0v) is 10.0. The van der Waals surface area contributed by atoms with Crippen LogP contribution in [0.4, 0.5) is 9.93 Å². The molecule has 0 saturated carbocycles. The molecular formula is C7H10BrN3O2S. The lowest BCUT2D eigenvalue weighted by molar-refractivity contribution is 0.160. The third-order valence-electron chi connectivity index (χ3n) is 1.34. The van der Waals surface area contributed by atoms with Gasteiger partial charge >= 0.3 is 6.09 Å². The Bertz CT molecular complexity index is 305. The van der Waals surface area contributed by atoms with Crippen molar-refractivity contribution < 1.29 is 9.53 Å². The summed E-state index contributed by atoms with van der Waals surface area (Å²) in [5.41, 5.74) is 0. The van der Waals surface area contributed by atoms with Gasteiger partial charge in [0.1, 0.15) is 0 Å². The second-order valence-electron chi connectivity index (χ2n) is 2.47. The van der Waals surface area contributed by atoms with Gasteiger partial charge in [0.2, 0.25) is 5.13 Å². The van der Waals surface area contributed by atoms with Gasteiger partial charge in [0.05, 0.1) is 6.61 Å². The maximum absolute atomic E-state index is 11.1. The highest BCUT2D eigenvalue weighted by molar-refractivity contribution is 9.11. The summed E-state index contributed by atoms with van der Waals surface area (Å²) in [5, 5.41) is 10.3. The molecule has 0 fully saturated rings. The van der Waals surface area contributed by atoms with Crippen LogP contribution in [-0.4, -0.2) is 22.9 Å². The molecule has 0 unspecified atom stereocenters. The number of carbonyl (C=O) groups is 1. The topological polar surface area (TPSA) is 64.1 Å². The Morgan fingerprint density at radius 1 is 1.64 bits per heavy atom. The van der Waals surface area contributed by atoms with Crippen LogP contribution in [0.2, 0.25) is 0 Å². The number of anilines is 1. The highest BCUT2D eigenvalue weighted by Crippen LogP contribution is 2.19. The highest BCUT2D eigenvalue weighted by Gasteiger charge is 2.06. The summed E-state index contributed by atoms with van der Waals surface area (Å²) in [6.07, 6.45) is 1.38. The molecule has 1 heterocycles. The van der Waals surface area contributed by atoms with E-state index in [1.54, 1.807) is 0 Å². The van der Waals surface area contributed by atoms with Crippen LogP contribution < -0.4 is 5.32 Å². The molecule has 7 heteroatoms. The van der Waals surface area contributed by atoms with Gasteiger partial charge in [-0.1, -0.05) is 24.7 Å². The van der Waals surface area contributed by atoms with E-state index in [4.69, 9.17) is 4.74 Å². The largest absolute Gasteiger partial charge is 0.449 e. The van der Waals surface area contributed by atoms with E-state index in [1.807, 2.05) is 6.92 Å². The Balaban J connectivity index is 2.27. The van der Waals surface area contributed by atoms with Crippen LogP contribution in [0, 0.1) is 0 Å². The molecule has 78 valence electrons. The van der Waals surface area contributed by atoms with Crippen LogP contribution in [0.3, 0.4) is 0 Å². The van der Waals surface area contributed by atoms with Crippen molar-refractivity contribution in [1.82, 2.24) is 10.2 Å². The van der Waals surface area contributed by atoms with Gasteiger partial charge in [-0.15, -0.1) is 10.2 Å². The molecule has 0 bridgehead atoms. The molecule has 1 N–H and O–H groups in total. The number of halogens is 1. The number of rotatable bonds is 4. The predicted molar refractivity (Wildman–Crippen MR) is 57.5 cm³/mol. The fourth-order valence-electron chi connectivity index (χ4n) is 0.688. The fourth-order valence-corrected chi connectivity index (χ4v) is 1.68. The lowest BCUT2D eigenvalue weighted by Gasteiger charge is -2.02. The van der Waals surface area contributed by atoms with Gasteiger partial charge in [-0.3, -0.25) is 5.32 Å². The van der Waals surface area contributed by atoms with E-state index < -0.39 is 6.09 Å². The van der Waals surface area contributed by atoms with Crippen LogP contribution in [0.25, 0.3) is 0 Å². The molecule has 0 aliphatic carbocycles. The van der Waals surface area contributed by atoms with Gasteiger partial charge in [-0.05, 0) is 22.4 Å². The number of unbranched alkanes of at least 4 members (excludes halogenated alkanes) is 1. The minimum atomic E-state index is -0.484. The van der Waals surface area contributed by atoms with Crippen molar-refractivity contribution in [2.24, 2.45) is 0 Å². The summed E-state index contributed by atoms with van der Waals surface area (Å²) in [6.45, 7) is 2.46. The first-order valence-corrected chi connectivity index (χ1v) is 5.76. The maximum Gasteiger partial charge on any atom is 0.413 e. The fraction of sp³-hybridized carbons (Fsp3) is 0.571. The summed E-state index contributed by atoms with van der Waals surface area (Å²) in [5.74, 6) is 0. The van der Waals surface area contributed by atoms with E-state index in [2.05, 4.69) is 31.4 Å². The standard InChI is InChI=1S/C7H10BrN3O2S/c1-2-3-4-13-7(12)9-6-11-10-5(8)14-6/h2-4H2,1H3,(H,9,11,12). The molecule has 0 saturated heterocycles. The Labute approximate surface area is 94.0 Å². The summed E-state index contributed by atoms with van der Waals surface area (Å²) in [7, 11) is 0. The number of nitrogens with one attached hydrogen (secondary N) is 1. The number of hydrogen-bond acceptors (Lipinski definition) is 5. The summed E-state index contributed by atoms with van der Waals surface area (Å²) in [6, 6.07) is 0. The Morgan fingerprint density at radius 3 is 3.00 bits per heavy atom. The first kappa shape index (κ1) is 11.4. The van der Waals surface area contributed by atoms with Crippen LogP contribution >= 0.6 is 27.3 Å². The van der Waals surface area contributed by atoms with Gasteiger partial charge < -0.3 is 4.74 Å². The second-order valence-corrected chi connectivity index (χ2v) is 4.73. The van der Waals surface area contributed by atoms with E-state index in [0.717, 1.165) is 12.8 Å². The van der Waals surface area contributed by atoms with Gasteiger partial charge in [0, 0.05) is 0 Å². The van der Waals surface area contributed by atoms with Crippen molar-refractivity contribution in [3.63, 3.8) is 0 Å². The molecule has 0 radical (unpaired) electrons. The summed E-state index contributed by atoms with van der Waals surface area (Å²) in [4.78, 5) is 11.1. The molecule has 1 amide bonds. The number of hydrogen-bond donors (Lipinski definition) is 1. The zero-order chi connectivity index (χ0) is 10.4. The maximum atomic E-state index is 11.1. The van der Waals surface area contributed by atoms with Crippen LogP contribution in [0.1, 0.15) is 19.8 Å². The molecule has 0 aliphatic heterocycles. The highest BCUT2D eigenvalue weighted by atomic mass is 79.9. The number of nitrogens with zero attached hydrogens (tertiary/aromatic N) is 2. The van der Waals surface area contributed by atoms with E-state index in [0.29, 0.717) is 15.7 Å². The number of amides is 1. The molecule has 5 nitrogen and oxygen atoms in total. The molecule has 1 aromatic heterocycles. The van der Waals surface area contributed by atoms with Gasteiger partial charge in [-0.25, -0.2) is 4.79 Å². The van der Waals surface area contributed by atoms with E-state index in [-0.39, 0.29) is 0 Å². The van der Waals surface area contributed by atoms with Crippen LogP contribution in [0.5, 0.6) is 0 Å². The van der Waals surface area contributed by atoms with Crippen molar-refractivity contribution in [2.45, 2.75) is 19.8 Å². The molecule has 1 aromatic rings. The lowest BCUT2D eigenvalue weighted by Crippen LogP contribution is -2.14. The van der Waals surface area contributed by atoms with E-state index >= 15 is 0 Å². The van der Waals surface area contributed by atoms with Crippen molar-refractivity contribution >= 4 is 38.5 Å². The van der Waals surface area contributed by atoms with Crippen molar-refractivity contribution in [1.29, 1.82) is 0 Å². The quantitative estimate of drug-likeness (QED) is 0.861. The van der Waals surface area contributed by atoms with E-state index in [1.165, 1.54) is 11.3 Å². The minimum absolute atomic E-state index is 0.429. The van der Waals surface area contributed by atoms with Crippen molar-refractivity contribution in [3.05, 3.63) is 3.92 Å². The van der Waals surface area contributed by atoms with Crippen molar-refractivity contribution in [3.8, 4) is 0 Å². The average Bonchev–Trinajstić information content (AvgIpc) is 2.52. The average molecular weight is 280 g/mol. The Morgan fingerprint density at radius 2 is 2.43 bits per heavy atom. The monoisotopic (exact) mass is 279 g/mol. The third-order valence-corrected chi connectivity index (χ3v) is 2.61. The number of aromatic nitrogens is 2. The minimum Gasteiger partial charge on any atom is -0.449 e. The summed E-state index contributed by atoms with van der Waals surface area (Å²) >= 11 is 4.38. The molecule has 0 aromatic carbocycles. The second kappa shape index (κ2) is 5.92. The smallest absolute Gasteiger partial charge is 0.413 e. The SMILES string of the molecule is CCCCOC(=O)Nc1nnc(Br)s1. The molecule has 14 heavy (non-hydrogen) atoms. The zero-order valence-electron chi connectivity index (χ0n) is 7.62. The Kier molecular flexibility index (Phi) is 4.81. The van der Waals surface area contributed by atoms with Crippen LogP contribution in [-0.2, 0) is 4.74 Å². The predicted octanol–water partition coefficient (Wildman–Crippen LogP) is 2.65. The normalized spacial score (nSPS) is 9.86. The van der Waals surface area contributed by atoms with Gasteiger partial charge in [0.15, 0.2) is 3.92 Å². The van der Waals surface area contributed by atoms with E-state index in [9.17, 15) is 4.79 Å². The number of ether oxygens (including phenoxy) is 1. The summed E-state index contributed by atoms with van der Waals surface area (Å²) < 4.78 is 5.50. The lowest BCUT2D eigenvalue weighted by atomic mass is 10.4. The number of carbonyl (C=O) groups excluding carboxylic acids is 1. The molecule has 0 aliphatic rings. The Hall–Kier alpha value is -0.690. The first-order valence-electron chi connectivity index (χ1n) is 4.15. The molecular weight excluding hydrogens is 270 g/mol. The van der Waals surface area contributed by atoms with Crippen molar-refractivity contribution in [2.75, 3.05) is 11.9 Å². The molecule has 0 atom stereocenters.